The quantitative estimate of drug-likeness (QED) is 0.287. The summed E-state index contributed by atoms with van der Waals surface area (Å²) in [5.74, 6) is 0.321. The number of rotatable bonds is 9. The number of β-lactam (4-membered cyclic amide) rings is 1. The van der Waals surface area contributed by atoms with Crippen molar-refractivity contribution in [2.24, 2.45) is 5.92 Å². The van der Waals surface area contributed by atoms with E-state index in [1.54, 1.807) is 0 Å². The molecule has 0 aromatic heterocycles. The molecular weight excluding hydrogens is 409 g/mol. The Balaban J connectivity index is 2.80. The first kappa shape index (κ1) is 23.2. The molecule has 0 aromatic rings. The van der Waals surface area contributed by atoms with Gasteiger partial charge in [-0.3, -0.25) is 0 Å². The second-order valence-corrected chi connectivity index (χ2v) is 22.9. The van der Waals surface area contributed by atoms with Crippen LogP contribution in [0.25, 0.3) is 0 Å². The molecule has 0 aromatic carbocycles. The van der Waals surface area contributed by atoms with Crippen LogP contribution in [0.3, 0.4) is 0 Å². The van der Waals surface area contributed by atoms with Crippen molar-refractivity contribution in [1.29, 1.82) is 0 Å². The Labute approximate surface area is 164 Å². The van der Waals surface area contributed by atoms with Crippen LogP contribution >= 0.6 is 0 Å². The third-order valence-electron chi connectivity index (χ3n) is 5.44. The number of carbonyl (C=O) groups excluding carboxylic acids is 1. The van der Waals surface area contributed by atoms with E-state index in [0.717, 1.165) is 0 Å². The van der Waals surface area contributed by atoms with Gasteiger partial charge in [-0.2, -0.15) is 0 Å². The fourth-order valence-corrected chi connectivity index (χ4v) is 11.9. The monoisotopic (exact) mass is 449 g/mol. The summed E-state index contributed by atoms with van der Waals surface area (Å²) in [7, 11) is -2.87. The van der Waals surface area contributed by atoms with Crippen molar-refractivity contribution >= 4 is 37.3 Å². The fourth-order valence-electron chi connectivity index (χ4n) is 2.71. The van der Waals surface area contributed by atoms with Gasteiger partial charge in [0.05, 0.1) is 0 Å². The number of hydrogen-bond donors (Lipinski definition) is 0. The minimum absolute atomic E-state index is 0.0215. The Morgan fingerprint density at radius 2 is 1.84 bits per heavy atom. The molecule has 1 aliphatic rings. The summed E-state index contributed by atoms with van der Waals surface area (Å²) in [6, 6.07) is 1.35. The van der Waals surface area contributed by atoms with Gasteiger partial charge in [0.15, 0.2) is 0 Å². The van der Waals surface area contributed by atoms with Gasteiger partial charge in [-0.15, -0.1) is 0 Å². The molecule has 1 aliphatic heterocycles. The second-order valence-electron chi connectivity index (χ2n) is 9.96. The van der Waals surface area contributed by atoms with Crippen LogP contribution in [0.15, 0.2) is 12.7 Å². The molecule has 1 heterocycles. The first-order valence-electron chi connectivity index (χ1n) is 9.42. The summed E-state index contributed by atoms with van der Waals surface area (Å²) in [4.78, 5) is 15.1. The van der Waals surface area contributed by atoms with Gasteiger partial charge in [0.2, 0.25) is 0 Å². The summed E-state index contributed by atoms with van der Waals surface area (Å²) < 4.78 is 6.56. The topological polar surface area (TPSA) is 29.5 Å². The van der Waals surface area contributed by atoms with Crippen LogP contribution in [0.2, 0.25) is 49.1 Å². The third-order valence-corrected chi connectivity index (χ3v) is 15.4. The van der Waals surface area contributed by atoms with Crippen LogP contribution in [-0.2, 0) is 9.22 Å². The first-order valence-corrected chi connectivity index (χ1v) is 18.2. The molecule has 0 saturated carbocycles. The van der Waals surface area contributed by atoms with Crippen LogP contribution in [-0.4, -0.2) is 59.7 Å². The SMILES string of the molecule is C=CCN1C(=O)[C@H]([C@@H](C)O[Si](C)(C)C(C)(C)C)[C@H]1[Se]CC[Si](C)(C)C. The molecule has 0 spiro atoms. The van der Waals surface area contributed by atoms with E-state index in [1.165, 1.54) is 11.4 Å². The van der Waals surface area contributed by atoms with Crippen LogP contribution in [0.4, 0.5) is 0 Å². The molecule has 1 amide bonds. The summed E-state index contributed by atoms with van der Waals surface area (Å²) in [6.45, 7) is 25.2. The van der Waals surface area contributed by atoms with Gasteiger partial charge in [-0.1, -0.05) is 0 Å². The van der Waals surface area contributed by atoms with Crippen LogP contribution in [0.5, 0.6) is 0 Å². The maximum atomic E-state index is 12.7. The van der Waals surface area contributed by atoms with Crippen molar-refractivity contribution in [2.75, 3.05) is 6.54 Å². The number of likely N-dealkylation sites (tertiary alicyclic amines) is 1. The zero-order chi connectivity index (χ0) is 19.6. The van der Waals surface area contributed by atoms with Crippen molar-refractivity contribution in [3.05, 3.63) is 12.7 Å². The summed E-state index contributed by atoms with van der Waals surface area (Å²) in [6.07, 6.45) is 1.88. The summed E-state index contributed by atoms with van der Waals surface area (Å²) in [5, 5.41) is 1.45. The zero-order valence-corrected chi connectivity index (χ0v) is 21.5. The van der Waals surface area contributed by atoms with Crippen molar-refractivity contribution in [3.8, 4) is 0 Å². The normalized spacial score (nSPS) is 23.4. The molecule has 0 N–H and O–H groups in total. The predicted octanol–water partition coefficient (Wildman–Crippen LogP) is 4.83. The van der Waals surface area contributed by atoms with Gasteiger partial charge in [0, 0.05) is 0 Å². The van der Waals surface area contributed by atoms with Gasteiger partial charge in [-0.25, -0.2) is 0 Å². The fraction of sp³-hybridized carbons (Fsp3) is 0.842. The molecule has 3 nitrogen and oxygen atoms in total. The van der Waals surface area contributed by atoms with E-state index in [9.17, 15) is 4.79 Å². The predicted molar refractivity (Wildman–Crippen MR) is 116 cm³/mol. The van der Waals surface area contributed by atoms with Crippen LogP contribution in [0.1, 0.15) is 27.7 Å². The molecule has 146 valence electrons. The minimum atomic E-state index is -1.85. The average Bonchev–Trinajstić information content (AvgIpc) is 2.40. The van der Waals surface area contributed by atoms with E-state index in [4.69, 9.17) is 4.43 Å². The third kappa shape index (κ3) is 6.06. The Kier molecular flexibility index (Phi) is 7.81. The average molecular weight is 449 g/mol. The van der Waals surface area contributed by atoms with Gasteiger partial charge >= 0.3 is 164 Å². The number of carbonyl (C=O) groups is 1. The van der Waals surface area contributed by atoms with Crippen molar-refractivity contribution < 1.29 is 9.22 Å². The van der Waals surface area contributed by atoms with E-state index >= 15 is 0 Å². The van der Waals surface area contributed by atoms with Gasteiger partial charge in [0.25, 0.3) is 0 Å². The summed E-state index contributed by atoms with van der Waals surface area (Å²) >= 11 is 0.465. The first-order chi connectivity index (χ1) is 11.2. The van der Waals surface area contributed by atoms with Crippen LogP contribution < -0.4 is 0 Å². The maximum absolute atomic E-state index is 12.7. The second kappa shape index (κ2) is 8.43. The molecule has 1 fully saturated rings. The molecule has 25 heavy (non-hydrogen) atoms. The number of amides is 1. The van der Waals surface area contributed by atoms with Gasteiger partial charge < -0.3 is 0 Å². The van der Waals surface area contributed by atoms with Gasteiger partial charge in [0.1, 0.15) is 0 Å². The Hall–Kier alpha value is 0.123. The molecule has 6 heteroatoms. The van der Waals surface area contributed by atoms with Crippen molar-refractivity contribution in [2.45, 2.75) is 87.9 Å². The molecule has 0 unspecified atom stereocenters. The van der Waals surface area contributed by atoms with E-state index in [1.807, 2.05) is 11.0 Å². The molecular formula is C19H39NO2SeSi2. The van der Waals surface area contributed by atoms with Crippen LogP contribution in [0, 0.1) is 5.92 Å². The number of nitrogens with zero attached hydrogens (tertiary/aromatic N) is 1. The van der Waals surface area contributed by atoms with E-state index in [0.29, 0.717) is 26.4 Å². The summed E-state index contributed by atoms with van der Waals surface area (Å²) in [5.41, 5.74) is 0. The molecule has 0 bridgehead atoms. The van der Waals surface area contributed by atoms with E-state index in [2.05, 4.69) is 67.0 Å². The molecule has 3 atom stereocenters. The van der Waals surface area contributed by atoms with E-state index in [-0.39, 0.29) is 23.0 Å². The standard InChI is InChI=1S/C19H39NO2SeSi2/c1-11-12-20-17(21)16(18(20)23-13-14-24(6,7)8)15(2)22-25(9,10)19(3,4)5/h11,15-16,18H,1,12-14H2,2-10H3/t15-,16+,18-/m1/s1. The Bertz CT molecular complexity index is 483. The molecule has 0 aliphatic carbocycles. The van der Waals surface area contributed by atoms with Crippen molar-refractivity contribution in [1.82, 2.24) is 4.90 Å². The molecule has 1 rings (SSSR count). The molecule has 0 radical (unpaired) electrons. The molecule has 1 saturated heterocycles. The Morgan fingerprint density at radius 3 is 2.28 bits per heavy atom. The number of hydrogen-bond acceptors (Lipinski definition) is 2. The zero-order valence-electron chi connectivity index (χ0n) is 17.8. The van der Waals surface area contributed by atoms with E-state index < -0.39 is 16.4 Å². The Morgan fingerprint density at radius 1 is 1.28 bits per heavy atom. The van der Waals surface area contributed by atoms with Crippen molar-refractivity contribution in [3.63, 3.8) is 0 Å². The van der Waals surface area contributed by atoms with Gasteiger partial charge in [-0.05, 0) is 0 Å².